The molecule has 0 amide bonds. The van der Waals surface area contributed by atoms with Crippen LogP contribution in [0.25, 0.3) is 33.8 Å². The van der Waals surface area contributed by atoms with E-state index < -0.39 is 11.9 Å². The van der Waals surface area contributed by atoms with Crippen LogP contribution in [0.3, 0.4) is 0 Å². The van der Waals surface area contributed by atoms with Gasteiger partial charge in [0.25, 0.3) is 0 Å². The van der Waals surface area contributed by atoms with Gasteiger partial charge in [-0.05, 0) is 17.7 Å². The summed E-state index contributed by atoms with van der Waals surface area (Å²) >= 11 is 0. The van der Waals surface area contributed by atoms with Gasteiger partial charge in [0, 0.05) is 62.3 Å². The summed E-state index contributed by atoms with van der Waals surface area (Å²) in [5.41, 5.74) is 5.40. The normalized spacial score (nSPS) is 11.8. The Balaban J connectivity index is 1.44. The topological polar surface area (TPSA) is 62.6 Å². The summed E-state index contributed by atoms with van der Waals surface area (Å²) in [4.78, 5) is 18.4. The number of aromatic amines is 1. The predicted octanol–water partition coefficient (Wildman–Crippen LogP) is 5.70. The van der Waals surface area contributed by atoms with Gasteiger partial charge in [-0.15, -0.1) is 0 Å². The Kier molecular flexibility index (Phi) is 5.55. The maximum atomic E-state index is 13.0. The molecule has 0 unspecified atom stereocenters. The molecule has 0 radical (unpaired) electrons. The summed E-state index contributed by atoms with van der Waals surface area (Å²) < 4.78 is 40.4. The van der Waals surface area contributed by atoms with Crippen LogP contribution in [0.5, 0.6) is 0 Å². The summed E-state index contributed by atoms with van der Waals surface area (Å²) in [6, 6.07) is 15.4. The van der Waals surface area contributed by atoms with Gasteiger partial charge in [0.2, 0.25) is 0 Å². The molecule has 3 aromatic heterocycles. The average molecular weight is 477 g/mol. The Morgan fingerprint density at radius 2 is 1.74 bits per heavy atom. The van der Waals surface area contributed by atoms with Gasteiger partial charge in [-0.3, -0.25) is 0 Å². The van der Waals surface area contributed by atoms with Crippen molar-refractivity contribution in [2.45, 2.75) is 12.6 Å². The SMILES string of the molecule is CN(C)c1ccccc1-c1ncc2[nH]cc(Cc3ccc(-c4nc(C(F)(F)F)cn4C)cc3)c2n1. The van der Waals surface area contributed by atoms with Crippen molar-refractivity contribution in [2.24, 2.45) is 7.05 Å². The summed E-state index contributed by atoms with van der Waals surface area (Å²) in [6.07, 6.45) is 0.847. The quantitative estimate of drug-likeness (QED) is 0.353. The molecule has 6 nitrogen and oxygen atoms in total. The number of para-hydroxylation sites is 1. The number of aromatic nitrogens is 5. The Hall–Kier alpha value is -4.14. The van der Waals surface area contributed by atoms with E-state index >= 15 is 0 Å². The van der Waals surface area contributed by atoms with Crippen molar-refractivity contribution >= 4 is 16.7 Å². The molecule has 0 saturated carbocycles. The Labute approximate surface area is 200 Å². The molecule has 2 aromatic carbocycles. The molecule has 0 aliphatic carbocycles. The molecule has 0 saturated heterocycles. The minimum atomic E-state index is -4.47. The van der Waals surface area contributed by atoms with Gasteiger partial charge in [-0.1, -0.05) is 36.4 Å². The highest BCUT2D eigenvalue weighted by Crippen LogP contribution is 2.31. The third kappa shape index (κ3) is 4.37. The fourth-order valence-electron chi connectivity index (χ4n) is 4.15. The summed E-state index contributed by atoms with van der Waals surface area (Å²) in [5.74, 6) is 0.918. The molecule has 0 aliphatic rings. The molecule has 5 rings (SSSR count). The number of imidazole rings is 1. The zero-order valence-corrected chi connectivity index (χ0v) is 19.4. The van der Waals surface area contributed by atoms with E-state index in [9.17, 15) is 13.2 Å². The van der Waals surface area contributed by atoms with Crippen LogP contribution < -0.4 is 4.90 Å². The van der Waals surface area contributed by atoms with Gasteiger partial charge < -0.3 is 14.5 Å². The van der Waals surface area contributed by atoms with Gasteiger partial charge in [-0.25, -0.2) is 15.0 Å². The van der Waals surface area contributed by atoms with Crippen LogP contribution >= 0.6 is 0 Å². The van der Waals surface area contributed by atoms with Gasteiger partial charge in [0.05, 0.1) is 17.2 Å². The molecular formula is C26H23F3N6. The lowest BCUT2D eigenvalue weighted by Gasteiger charge is -2.16. The minimum Gasteiger partial charge on any atom is -0.377 e. The van der Waals surface area contributed by atoms with Crippen LogP contribution in [-0.4, -0.2) is 38.6 Å². The van der Waals surface area contributed by atoms with Gasteiger partial charge >= 0.3 is 6.18 Å². The average Bonchev–Trinajstić information content (AvgIpc) is 3.43. The lowest BCUT2D eigenvalue weighted by Crippen LogP contribution is -2.10. The van der Waals surface area contributed by atoms with Crippen LogP contribution in [0.1, 0.15) is 16.8 Å². The van der Waals surface area contributed by atoms with E-state index in [1.807, 2.05) is 61.6 Å². The van der Waals surface area contributed by atoms with Crippen molar-refractivity contribution in [1.82, 2.24) is 24.5 Å². The maximum absolute atomic E-state index is 13.0. The van der Waals surface area contributed by atoms with E-state index in [-0.39, 0.29) is 5.82 Å². The molecule has 0 spiro atoms. The first-order valence-corrected chi connectivity index (χ1v) is 11.0. The van der Waals surface area contributed by atoms with Gasteiger partial charge in [0.1, 0.15) is 5.82 Å². The third-order valence-corrected chi connectivity index (χ3v) is 5.90. The zero-order valence-electron chi connectivity index (χ0n) is 19.4. The lowest BCUT2D eigenvalue weighted by atomic mass is 10.0. The van der Waals surface area contributed by atoms with Crippen molar-refractivity contribution in [2.75, 3.05) is 19.0 Å². The molecule has 0 aliphatic heterocycles. The number of hydrogen-bond acceptors (Lipinski definition) is 4. The number of nitrogens with zero attached hydrogens (tertiary/aromatic N) is 5. The highest BCUT2D eigenvalue weighted by molar-refractivity contribution is 5.82. The van der Waals surface area contributed by atoms with Gasteiger partial charge in [-0.2, -0.15) is 13.2 Å². The van der Waals surface area contributed by atoms with E-state index in [2.05, 4.69) is 15.0 Å². The largest absolute Gasteiger partial charge is 0.434 e. The van der Waals surface area contributed by atoms with Crippen molar-refractivity contribution < 1.29 is 13.2 Å². The molecule has 9 heteroatoms. The molecule has 3 heterocycles. The van der Waals surface area contributed by atoms with Crippen LogP contribution in [0.15, 0.2) is 67.1 Å². The Morgan fingerprint density at radius 3 is 2.43 bits per heavy atom. The fourth-order valence-corrected chi connectivity index (χ4v) is 4.15. The molecule has 178 valence electrons. The first kappa shape index (κ1) is 22.6. The number of rotatable bonds is 5. The number of anilines is 1. The summed E-state index contributed by atoms with van der Waals surface area (Å²) in [7, 11) is 5.53. The van der Waals surface area contributed by atoms with E-state index in [1.54, 1.807) is 25.4 Å². The number of H-pyrrole nitrogens is 1. The molecule has 0 atom stereocenters. The first-order valence-electron chi connectivity index (χ1n) is 11.0. The standard InChI is InChI=1S/C26H23F3N6/c1-34(2)21-7-5-4-6-19(21)24-31-14-20-23(33-24)18(13-30-20)12-16-8-10-17(11-9-16)25-32-22(15-35(25)3)26(27,28)29/h4-11,13-15,30H,12H2,1-3H3. The summed E-state index contributed by atoms with van der Waals surface area (Å²) in [5, 5.41) is 0. The smallest absolute Gasteiger partial charge is 0.377 e. The second-order valence-corrected chi connectivity index (χ2v) is 8.61. The molecule has 35 heavy (non-hydrogen) atoms. The van der Waals surface area contributed by atoms with Crippen LogP contribution in [0.4, 0.5) is 18.9 Å². The van der Waals surface area contributed by atoms with Crippen molar-refractivity contribution in [3.63, 3.8) is 0 Å². The number of aryl methyl sites for hydroxylation is 1. The second-order valence-electron chi connectivity index (χ2n) is 8.61. The highest BCUT2D eigenvalue weighted by atomic mass is 19.4. The maximum Gasteiger partial charge on any atom is 0.434 e. The lowest BCUT2D eigenvalue weighted by molar-refractivity contribution is -0.140. The Morgan fingerprint density at radius 1 is 1.00 bits per heavy atom. The van der Waals surface area contributed by atoms with Crippen LogP contribution in [-0.2, 0) is 19.6 Å². The number of alkyl halides is 3. The van der Waals surface area contributed by atoms with Crippen LogP contribution in [0, 0.1) is 0 Å². The van der Waals surface area contributed by atoms with Crippen molar-refractivity contribution in [3.05, 3.63) is 83.9 Å². The first-order chi connectivity index (χ1) is 16.7. The highest BCUT2D eigenvalue weighted by Gasteiger charge is 2.34. The zero-order chi connectivity index (χ0) is 24.7. The number of fused-ring (bicyclic) bond motifs is 1. The molecule has 0 fully saturated rings. The van der Waals surface area contributed by atoms with Crippen LogP contribution in [0.2, 0.25) is 0 Å². The monoisotopic (exact) mass is 476 g/mol. The van der Waals surface area contributed by atoms with Gasteiger partial charge in [0.15, 0.2) is 11.5 Å². The number of benzene rings is 2. The third-order valence-electron chi connectivity index (χ3n) is 5.90. The number of hydrogen-bond donors (Lipinski definition) is 1. The molecular weight excluding hydrogens is 453 g/mol. The number of halogens is 3. The van der Waals surface area contributed by atoms with E-state index in [1.165, 1.54) is 4.57 Å². The minimum absolute atomic E-state index is 0.271. The predicted molar refractivity (Wildman–Crippen MR) is 130 cm³/mol. The van der Waals surface area contributed by atoms with Crippen molar-refractivity contribution in [1.29, 1.82) is 0 Å². The Bertz CT molecular complexity index is 1500. The second kappa shape index (κ2) is 8.57. The summed E-state index contributed by atoms with van der Waals surface area (Å²) in [6.45, 7) is 0. The van der Waals surface area contributed by atoms with E-state index in [4.69, 9.17) is 4.98 Å². The van der Waals surface area contributed by atoms with E-state index in [0.29, 0.717) is 17.8 Å². The molecule has 5 aromatic rings. The van der Waals surface area contributed by atoms with E-state index in [0.717, 1.165) is 39.6 Å². The molecule has 0 bridgehead atoms. The van der Waals surface area contributed by atoms with Crippen molar-refractivity contribution in [3.8, 4) is 22.8 Å². The number of nitrogens with one attached hydrogen (secondary N) is 1. The fraction of sp³-hybridized carbons (Fsp3) is 0.192. The molecule has 1 N–H and O–H groups in total.